The second-order valence-electron chi connectivity index (χ2n) is 8.53. The van der Waals surface area contributed by atoms with E-state index in [9.17, 15) is 14.4 Å². The van der Waals surface area contributed by atoms with Crippen molar-refractivity contribution in [2.75, 3.05) is 38.8 Å². The van der Waals surface area contributed by atoms with Gasteiger partial charge in [0, 0.05) is 19.3 Å². The van der Waals surface area contributed by atoms with E-state index in [1.807, 2.05) is 0 Å². The smallest absolute Gasteiger partial charge is 0.287 e. The SMILES string of the molecule is COc1ccc([C@H](C(=O)NC[C@H]2CCCO2)N(C(=O)CNC(=O)c2ccco2)c2cccnc2)cc1OC. The maximum Gasteiger partial charge on any atom is 0.287 e. The number of carbonyl (C=O) groups excluding carboxylic acids is 3. The van der Waals surface area contributed by atoms with Crippen molar-refractivity contribution >= 4 is 23.4 Å². The molecular weight excluding hydrogens is 492 g/mol. The lowest BCUT2D eigenvalue weighted by Crippen LogP contribution is -2.48. The molecule has 2 N–H and O–H groups in total. The van der Waals surface area contributed by atoms with Crippen molar-refractivity contribution in [3.05, 3.63) is 72.4 Å². The summed E-state index contributed by atoms with van der Waals surface area (Å²) in [6.07, 6.45) is 6.08. The standard InChI is InChI=1S/C27H30N4O7/c1-35-21-10-9-18(14-23(21)36-2)25(27(34)29-16-20-7-4-12-37-20)31(19-6-3-11-28-15-19)24(32)17-30-26(33)22-8-5-13-38-22/h3,5-6,8-11,13-15,20,25H,4,7,12,16-17H2,1-2H3,(H,29,34)(H,30,33)/t20-,25-/m1/s1. The molecule has 11 heteroatoms. The third-order valence-electron chi connectivity index (χ3n) is 6.10. The van der Waals surface area contributed by atoms with E-state index in [2.05, 4.69) is 15.6 Å². The largest absolute Gasteiger partial charge is 0.493 e. The topological polar surface area (TPSA) is 132 Å². The molecule has 0 spiro atoms. The number of aromatic nitrogens is 1. The molecule has 0 bridgehead atoms. The number of ether oxygens (including phenoxy) is 3. The highest BCUT2D eigenvalue weighted by Gasteiger charge is 2.34. The van der Waals surface area contributed by atoms with Crippen molar-refractivity contribution in [2.45, 2.75) is 25.0 Å². The van der Waals surface area contributed by atoms with Crippen molar-refractivity contribution < 1.29 is 33.0 Å². The zero-order chi connectivity index (χ0) is 26.9. The maximum absolute atomic E-state index is 13.7. The number of rotatable bonds is 11. The fraction of sp³-hybridized carbons (Fsp3) is 0.333. The molecule has 3 heterocycles. The first-order valence-corrected chi connectivity index (χ1v) is 12.2. The minimum Gasteiger partial charge on any atom is -0.493 e. The lowest BCUT2D eigenvalue weighted by molar-refractivity contribution is -0.126. The van der Waals surface area contributed by atoms with E-state index in [-0.39, 0.29) is 11.9 Å². The summed E-state index contributed by atoms with van der Waals surface area (Å²) in [4.78, 5) is 45.3. The van der Waals surface area contributed by atoms with E-state index in [1.54, 1.807) is 42.6 Å². The molecule has 2 aromatic heterocycles. The van der Waals surface area contributed by atoms with Gasteiger partial charge in [0.15, 0.2) is 17.3 Å². The first kappa shape index (κ1) is 26.7. The molecule has 1 aliphatic heterocycles. The van der Waals surface area contributed by atoms with Gasteiger partial charge in [0.05, 0.1) is 45.0 Å². The minimum atomic E-state index is -1.12. The van der Waals surface area contributed by atoms with E-state index < -0.39 is 30.3 Å². The Balaban J connectivity index is 1.68. The number of amides is 3. The molecule has 38 heavy (non-hydrogen) atoms. The number of hydrogen-bond acceptors (Lipinski definition) is 8. The lowest BCUT2D eigenvalue weighted by Gasteiger charge is -2.32. The molecule has 3 amide bonds. The van der Waals surface area contributed by atoms with Gasteiger partial charge in [0.25, 0.3) is 5.91 Å². The summed E-state index contributed by atoms with van der Waals surface area (Å²) in [6.45, 7) is 0.555. The Kier molecular flexibility index (Phi) is 8.94. The molecule has 0 unspecified atom stereocenters. The van der Waals surface area contributed by atoms with Gasteiger partial charge in [-0.2, -0.15) is 0 Å². The molecule has 1 aromatic carbocycles. The fourth-order valence-electron chi connectivity index (χ4n) is 4.23. The van der Waals surface area contributed by atoms with Gasteiger partial charge in [-0.3, -0.25) is 24.3 Å². The van der Waals surface area contributed by atoms with Gasteiger partial charge in [0.1, 0.15) is 6.04 Å². The molecule has 0 aliphatic carbocycles. The number of hydrogen-bond donors (Lipinski definition) is 2. The number of furan rings is 1. The first-order chi connectivity index (χ1) is 18.5. The van der Waals surface area contributed by atoms with Gasteiger partial charge in [0.2, 0.25) is 11.8 Å². The van der Waals surface area contributed by atoms with Crippen LogP contribution in [0, 0.1) is 0 Å². The van der Waals surface area contributed by atoms with Crippen molar-refractivity contribution in [3.8, 4) is 11.5 Å². The van der Waals surface area contributed by atoms with Gasteiger partial charge in [-0.15, -0.1) is 0 Å². The van der Waals surface area contributed by atoms with Crippen molar-refractivity contribution in [1.29, 1.82) is 0 Å². The van der Waals surface area contributed by atoms with Gasteiger partial charge in [-0.1, -0.05) is 6.07 Å². The van der Waals surface area contributed by atoms with Gasteiger partial charge in [-0.25, -0.2) is 0 Å². The second kappa shape index (κ2) is 12.7. The predicted octanol–water partition coefficient (Wildman–Crippen LogP) is 2.49. The number of pyridine rings is 1. The number of anilines is 1. The number of benzene rings is 1. The van der Waals surface area contributed by atoms with Crippen LogP contribution in [-0.2, 0) is 14.3 Å². The minimum absolute atomic E-state index is 0.0662. The van der Waals surface area contributed by atoms with Crippen LogP contribution in [0.2, 0.25) is 0 Å². The summed E-state index contributed by atoms with van der Waals surface area (Å²) >= 11 is 0. The van der Waals surface area contributed by atoms with Gasteiger partial charge in [-0.05, 0) is 54.8 Å². The molecular formula is C27H30N4O7. The van der Waals surface area contributed by atoms with E-state index in [1.165, 1.54) is 37.6 Å². The van der Waals surface area contributed by atoms with E-state index in [0.29, 0.717) is 35.9 Å². The zero-order valence-electron chi connectivity index (χ0n) is 21.2. The van der Waals surface area contributed by atoms with Crippen molar-refractivity contribution in [3.63, 3.8) is 0 Å². The molecule has 1 saturated heterocycles. The summed E-state index contributed by atoms with van der Waals surface area (Å²) in [5, 5.41) is 5.49. The molecule has 11 nitrogen and oxygen atoms in total. The fourth-order valence-corrected chi connectivity index (χ4v) is 4.23. The molecule has 3 aromatic rings. The van der Waals surface area contributed by atoms with E-state index >= 15 is 0 Å². The molecule has 200 valence electrons. The molecule has 0 saturated carbocycles. The van der Waals surface area contributed by atoms with Crippen molar-refractivity contribution in [2.24, 2.45) is 0 Å². The first-order valence-electron chi connectivity index (χ1n) is 12.2. The van der Waals surface area contributed by atoms with E-state index in [4.69, 9.17) is 18.6 Å². The summed E-state index contributed by atoms with van der Waals surface area (Å²) < 4.78 is 21.6. The molecule has 1 aliphatic rings. The van der Waals surface area contributed by atoms with Crippen molar-refractivity contribution in [1.82, 2.24) is 15.6 Å². The highest BCUT2D eigenvalue weighted by atomic mass is 16.5. The van der Waals surface area contributed by atoms with Crippen LogP contribution in [0.25, 0.3) is 0 Å². The number of carbonyl (C=O) groups is 3. The third-order valence-corrected chi connectivity index (χ3v) is 6.10. The number of methoxy groups -OCH3 is 2. The van der Waals surface area contributed by atoms with Crippen LogP contribution in [0.4, 0.5) is 5.69 Å². The van der Waals surface area contributed by atoms with Crippen LogP contribution in [0.15, 0.2) is 65.5 Å². The molecule has 2 atom stereocenters. The highest BCUT2D eigenvalue weighted by molar-refractivity contribution is 6.04. The summed E-state index contributed by atoms with van der Waals surface area (Å²) in [5.41, 5.74) is 0.846. The normalized spacial score (nSPS) is 15.4. The summed E-state index contributed by atoms with van der Waals surface area (Å²) in [5.74, 6) is -0.588. The predicted molar refractivity (Wildman–Crippen MR) is 137 cm³/mol. The Morgan fingerprint density at radius 3 is 2.61 bits per heavy atom. The number of nitrogens with one attached hydrogen (secondary N) is 2. The lowest BCUT2D eigenvalue weighted by atomic mass is 10.0. The van der Waals surface area contributed by atoms with E-state index in [0.717, 1.165) is 12.8 Å². The van der Waals surface area contributed by atoms with Crippen LogP contribution in [-0.4, -0.2) is 62.7 Å². The Labute approximate surface area is 220 Å². The molecule has 1 fully saturated rings. The van der Waals surface area contributed by atoms with Crippen LogP contribution in [0.1, 0.15) is 35.0 Å². The average molecular weight is 523 g/mol. The van der Waals surface area contributed by atoms with Gasteiger partial charge < -0.3 is 29.3 Å². The van der Waals surface area contributed by atoms with Crippen LogP contribution >= 0.6 is 0 Å². The van der Waals surface area contributed by atoms with Gasteiger partial charge >= 0.3 is 0 Å². The molecule has 0 radical (unpaired) electrons. The zero-order valence-corrected chi connectivity index (χ0v) is 21.2. The van der Waals surface area contributed by atoms with Crippen LogP contribution in [0.3, 0.4) is 0 Å². The third kappa shape index (κ3) is 6.30. The quantitative estimate of drug-likeness (QED) is 0.393. The number of nitrogens with zero attached hydrogens (tertiary/aromatic N) is 2. The maximum atomic E-state index is 13.7. The molecule has 4 rings (SSSR count). The summed E-state index contributed by atoms with van der Waals surface area (Å²) in [7, 11) is 3.00. The highest BCUT2D eigenvalue weighted by Crippen LogP contribution is 2.34. The van der Waals surface area contributed by atoms with Crippen LogP contribution in [0.5, 0.6) is 11.5 Å². The monoisotopic (exact) mass is 522 g/mol. The average Bonchev–Trinajstić information content (AvgIpc) is 3.68. The van der Waals surface area contributed by atoms with Crippen LogP contribution < -0.4 is 25.0 Å². The Morgan fingerprint density at radius 2 is 1.95 bits per heavy atom. The Morgan fingerprint density at radius 1 is 1.11 bits per heavy atom. The summed E-state index contributed by atoms with van der Waals surface area (Å²) in [6, 6.07) is 10.3. The Hall–Kier alpha value is -4.38. The second-order valence-corrected chi connectivity index (χ2v) is 8.53. The Bertz CT molecular complexity index is 1230.